The number of hydrogen-bond donors (Lipinski definition) is 0. The molecule has 0 amide bonds. The third-order valence-electron chi connectivity index (χ3n) is 3.12. The Labute approximate surface area is 74.0 Å². The highest BCUT2D eigenvalue weighted by Crippen LogP contribution is 2.33. The van der Waals surface area contributed by atoms with Crippen LogP contribution in [-0.2, 0) is 4.74 Å². The molecule has 2 aliphatic rings. The molecule has 0 aromatic heterocycles. The highest BCUT2D eigenvalue weighted by Gasteiger charge is 2.25. The van der Waals surface area contributed by atoms with E-state index >= 15 is 0 Å². The van der Waals surface area contributed by atoms with Crippen molar-refractivity contribution in [3.63, 3.8) is 0 Å². The van der Waals surface area contributed by atoms with Gasteiger partial charge in [0.05, 0.1) is 7.11 Å². The number of aliphatic imine (C=N–C) groups is 1. The van der Waals surface area contributed by atoms with Gasteiger partial charge in [-0.2, -0.15) is 0 Å². The maximum atomic E-state index is 5.23. The van der Waals surface area contributed by atoms with Crippen LogP contribution in [0.1, 0.15) is 32.1 Å². The summed E-state index contributed by atoms with van der Waals surface area (Å²) in [6.07, 6.45) is 6.65. The van der Waals surface area contributed by atoms with Gasteiger partial charge in [0.1, 0.15) is 0 Å². The number of ether oxygens (including phenoxy) is 1. The molecule has 1 aliphatic carbocycles. The number of rotatable bonds is 0. The van der Waals surface area contributed by atoms with Gasteiger partial charge in [-0.05, 0) is 31.1 Å². The number of hydrogen-bond acceptors (Lipinski definition) is 2. The van der Waals surface area contributed by atoms with Crippen molar-refractivity contribution in [1.82, 2.24) is 0 Å². The van der Waals surface area contributed by atoms with Crippen LogP contribution in [-0.4, -0.2) is 19.6 Å². The normalized spacial score (nSPS) is 35.2. The largest absolute Gasteiger partial charge is 0.484 e. The zero-order valence-electron chi connectivity index (χ0n) is 7.75. The lowest BCUT2D eigenvalue weighted by atomic mass is 9.81. The van der Waals surface area contributed by atoms with Crippen LogP contribution in [0.25, 0.3) is 0 Å². The van der Waals surface area contributed by atoms with Gasteiger partial charge in [0, 0.05) is 13.0 Å². The standard InChI is InChI=1S/C10H17NO/c1-12-10-6-8-3-2-4-9(5-8)7-11-10/h8-9H,2-7H2,1H3. The molecule has 0 N–H and O–H groups in total. The van der Waals surface area contributed by atoms with Crippen molar-refractivity contribution in [3.8, 4) is 0 Å². The second-order valence-electron chi connectivity index (χ2n) is 4.04. The molecule has 0 aromatic carbocycles. The molecule has 2 heteroatoms. The molecular formula is C10H17NO. The topological polar surface area (TPSA) is 21.6 Å². The van der Waals surface area contributed by atoms with Crippen molar-refractivity contribution >= 4 is 5.90 Å². The molecule has 2 unspecified atom stereocenters. The fourth-order valence-electron chi connectivity index (χ4n) is 2.44. The van der Waals surface area contributed by atoms with E-state index < -0.39 is 0 Å². The summed E-state index contributed by atoms with van der Waals surface area (Å²) in [4.78, 5) is 4.48. The summed E-state index contributed by atoms with van der Waals surface area (Å²) in [7, 11) is 1.74. The van der Waals surface area contributed by atoms with Crippen molar-refractivity contribution in [1.29, 1.82) is 0 Å². The predicted octanol–water partition coefficient (Wildman–Crippen LogP) is 2.24. The van der Waals surface area contributed by atoms with Crippen molar-refractivity contribution in [2.45, 2.75) is 32.1 Å². The third kappa shape index (κ3) is 1.62. The maximum Gasteiger partial charge on any atom is 0.183 e. The molecule has 0 aromatic rings. The van der Waals surface area contributed by atoms with Crippen LogP contribution in [0.4, 0.5) is 0 Å². The second kappa shape index (κ2) is 3.46. The summed E-state index contributed by atoms with van der Waals surface area (Å²) in [5.41, 5.74) is 0. The van der Waals surface area contributed by atoms with E-state index in [9.17, 15) is 0 Å². The predicted molar refractivity (Wildman–Crippen MR) is 49.4 cm³/mol. The third-order valence-corrected chi connectivity index (χ3v) is 3.12. The van der Waals surface area contributed by atoms with E-state index in [0.717, 1.165) is 30.7 Å². The van der Waals surface area contributed by atoms with Gasteiger partial charge in [0.25, 0.3) is 0 Å². The van der Waals surface area contributed by atoms with Crippen molar-refractivity contribution < 1.29 is 4.74 Å². The van der Waals surface area contributed by atoms with E-state index in [0.29, 0.717) is 0 Å². The van der Waals surface area contributed by atoms with Crippen molar-refractivity contribution in [2.24, 2.45) is 16.8 Å². The molecule has 2 nitrogen and oxygen atoms in total. The minimum atomic E-state index is 0.858. The Hall–Kier alpha value is -0.530. The van der Waals surface area contributed by atoms with Gasteiger partial charge in [-0.1, -0.05) is 6.42 Å². The molecule has 2 rings (SSSR count). The maximum absolute atomic E-state index is 5.23. The summed E-state index contributed by atoms with van der Waals surface area (Å²) in [5.74, 6) is 2.71. The Morgan fingerprint density at radius 3 is 3.00 bits per heavy atom. The monoisotopic (exact) mass is 167 g/mol. The lowest BCUT2D eigenvalue weighted by Gasteiger charge is -2.24. The molecule has 1 heterocycles. The Balaban J connectivity index is 2.05. The van der Waals surface area contributed by atoms with E-state index in [-0.39, 0.29) is 0 Å². The molecule has 1 saturated carbocycles. The summed E-state index contributed by atoms with van der Waals surface area (Å²) < 4.78 is 5.23. The first-order chi connectivity index (χ1) is 5.88. The molecule has 2 atom stereocenters. The minimum Gasteiger partial charge on any atom is -0.484 e. The zero-order valence-corrected chi connectivity index (χ0v) is 7.75. The molecule has 1 fully saturated rings. The molecule has 0 spiro atoms. The van der Waals surface area contributed by atoms with Gasteiger partial charge >= 0.3 is 0 Å². The van der Waals surface area contributed by atoms with E-state index in [1.54, 1.807) is 7.11 Å². The van der Waals surface area contributed by atoms with Crippen LogP contribution in [0.2, 0.25) is 0 Å². The molecular weight excluding hydrogens is 150 g/mol. The first-order valence-electron chi connectivity index (χ1n) is 4.96. The van der Waals surface area contributed by atoms with Gasteiger partial charge in [-0.15, -0.1) is 0 Å². The number of fused-ring (bicyclic) bond motifs is 2. The lowest BCUT2D eigenvalue weighted by Crippen LogP contribution is -2.16. The van der Waals surface area contributed by atoms with Crippen LogP contribution in [0, 0.1) is 11.8 Å². The fraction of sp³-hybridized carbons (Fsp3) is 0.900. The van der Waals surface area contributed by atoms with E-state index in [4.69, 9.17) is 4.74 Å². The van der Waals surface area contributed by atoms with Crippen LogP contribution in [0.15, 0.2) is 4.99 Å². The molecule has 1 aliphatic heterocycles. The van der Waals surface area contributed by atoms with Gasteiger partial charge in [-0.25, -0.2) is 0 Å². The summed E-state index contributed by atoms with van der Waals surface area (Å²) in [6.45, 7) is 1.01. The van der Waals surface area contributed by atoms with Gasteiger partial charge < -0.3 is 4.74 Å². The summed E-state index contributed by atoms with van der Waals surface area (Å²) in [5, 5.41) is 0. The van der Waals surface area contributed by atoms with Crippen LogP contribution in [0.3, 0.4) is 0 Å². The molecule has 0 radical (unpaired) electrons. The van der Waals surface area contributed by atoms with Gasteiger partial charge in [-0.3, -0.25) is 4.99 Å². The van der Waals surface area contributed by atoms with Crippen molar-refractivity contribution in [2.75, 3.05) is 13.7 Å². The van der Waals surface area contributed by atoms with E-state index in [1.165, 1.54) is 25.7 Å². The van der Waals surface area contributed by atoms with Gasteiger partial charge in [0.15, 0.2) is 5.90 Å². The summed E-state index contributed by atoms with van der Waals surface area (Å²) >= 11 is 0. The zero-order chi connectivity index (χ0) is 8.39. The summed E-state index contributed by atoms with van der Waals surface area (Å²) in [6, 6.07) is 0. The smallest absolute Gasteiger partial charge is 0.183 e. The average Bonchev–Trinajstić information content (AvgIpc) is 2.25. The SMILES string of the molecule is COC1=NCC2CCCC(C1)C2. The second-order valence-corrected chi connectivity index (χ2v) is 4.04. The quantitative estimate of drug-likeness (QED) is 0.542. The van der Waals surface area contributed by atoms with Crippen LogP contribution in [0.5, 0.6) is 0 Å². The minimum absolute atomic E-state index is 0.858. The van der Waals surface area contributed by atoms with Crippen LogP contribution >= 0.6 is 0 Å². The molecule has 2 bridgehead atoms. The van der Waals surface area contributed by atoms with E-state index in [1.807, 2.05) is 0 Å². The fourth-order valence-corrected chi connectivity index (χ4v) is 2.44. The van der Waals surface area contributed by atoms with Gasteiger partial charge in [0.2, 0.25) is 0 Å². The highest BCUT2D eigenvalue weighted by atomic mass is 16.5. The Morgan fingerprint density at radius 2 is 2.17 bits per heavy atom. The lowest BCUT2D eigenvalue weighted by molar-refractivity contribution is 0.279. The van der Waals surface area contributed by atoms with Crippen molar-refractivity contribution in [3.05, 3.63) is 0 Å². The Bertz CT molecular complexity index is 188. The number of nitrogens with zero attached hydrogens (tertiary/aromatic N) is 1. The first kappa shape index (κ1) is 8.09. The van der Waals surface area contributed by atoms with Crippen LogP contribution < -0.4 is 0 Å². The molecule has 0 saturated heterocycles. The molecule has 68 valence electrons. The first-order valence-corrected chi connectivity index (χ1v) is 4.96. The van der Waals surface area contributed by atoms with E-state index in [2.05, 4.69) is 4.99 Å². The Morgan fingerprint density at radius 1 is 1.33 bits per heavy atom. The Kier molecular flexibility index (Phi) is 2.33. The molecule has 12 heavy (non-hydrogen) atoms. The number of methoxy groups -OCH3 is 1. The average molecular weight is 167 g/mol. The highest BCUT2D eigenvalue weighted by molar-refractivity contribution is 5.76.